The molecule has 1 aliphatic heterocycles. The van der Waals surface area contributed by atoms with E-state index in [1.165, 1.54) is 19.4 Å². The van der Waals surface area contributed by atoms with Gasteiger partial charge in [-0.1, -0.05) is 11.6 Å². The molecule has 1 heterocycles. The van der Waals surface area contributed by atoms with E-state index in [0.29, 0.717) is 16.3 Å². The Morgan fingerprint density at radius 2 is 1.95 bits per heavy atom. The molecule has 0 radical (unpaired) electrons. The fourth-order valence-electron chi connectivity index (χ4n) is 2.68. The van der Waals surface area contributed by atoms with E-state index in [2.05, 4.69) is 4.90 Å². The molecule has 4 nitrogen and oxygen atoms in total. The maximum Gasteiger partial charge on any atom is 0.255 e. The van der Waals surface area contributed by atoms with Crippen LogP contribution in [-0.4, -0.2) is 48.4 Å². The number of benzene rings is 1. The van der Waals surface area contributed by atoms with Crippen LogP contribution in [0.4, 0.5) is 5.69 Å². The van der Waals surface area contributed by atoms with E-state index in [0.717, 1.165) is 32.1 Å². The summed E-state index contributed by atoms with van der Waals surface area (Å²) in [6.07, 6.45) is 2.75. The van der Waals surface area contributed by atoms with Crippen molar-refractivity contribution in [3.63, 3.8) is 0 Å². The number of amides is 1. The molecule has 1 aliphatic carbocycles. The van der Waals surface area contributed by atoms with E-state index in [4.69, 9.17) is 17.3 Å². The van der Waals surface area contributed by atoms with Crippen molar-refractivity contribution in [2.24, 2.45) is 5.92 Å². The SMILES string of the molecule is Nc1ccc(Cl)c(C(=O)N2CCN(CC3CC3)CC2)c1. The number of nitrogens with zero attached hydrogens (tertiary/aromatic N) is 2. The molecule has 1 amide bonds. The Kier molecular flexibility index (Phi) is 3.85. The molecule has 0 unspecified atom stereocenters. The molecular weight excluding hydrogens is 274 g/mol. The molecule has 2 aliphatic rings. The van der Waals surface area contributed by atoms with Crippen LogP contribution in [0, 0.1) is 5.92 Å². The average molecular weight is 294 g/mol. The van der Waals surface area contributed by atoms with Gasteiger partial charge in [0, 0.05) is 38.4 Å². The summed E-state index contributed by atoms with van der Waals surface area (Å²) in [6, 6.07) is 5.07. The van der Waals surface area contributed by atoms with Crippen molar-refractivity contribution in [3.8, 4) is 0 Å². The van der Waals surface area contributed by atoms with E-state index < -0.39 is 0 Å². The Morgan fingerprint density at radius 3 is 2.60 bits per heavy atom. The monoisotopic (exact) mass is 293 g/mol. The van der Waals surface area contributed by atoms with Crippen molar-refractivity contribution in [2.75, 3.05) is 38.5 Å². The first-order chi connectivity index (χ1) is 9.63. The van der Waals surface area contributed by atoms with Gasteiger partial charge in [-0.3, -0.25) is 9.69 Å². The first-order valence-electron chi connectivity index (χ1n) is 7.20. The second kappa shape index (κ2) is 5.62. The fraction of sp³-hybridized carbons (Fsp3) is 0.533. The lowest BCUT2D eigenvalue weighted by Crippen LogP contribution is -2.49. The first-order valence-corrected chi connectivity index (χ1v) is 7.58. The standard InChI is InChI=1S/C15H20ClN3O/c16-14-4-3-12(17)9-13(14)15(20)19-7-5-18(6-8-19)10-11-1-2-11/h3-4,9,11H,1-2,5-8,10,17H2. The fourth-order valence-corrected chi connectivity index (χ4v) is 2.87. The Hall–Kier alpha value is -1.26. The second-order valence-corrected chi connectivity index (χ2v) is 6.18. The number of carbonyl (C=O) groups excluding carboxylic acids is 1. The maximum atomic E-state index is 12.5. The normalized spacial score (nSPS) is 20.1. The zero-order chi connectivity index (χ0) is 14.1. The minimum Gasteiger partial charge on any atom is -0.399 e. The third kappa shape index (κ3) is 3.07. The van der Waals surface area contributed by atoms with Crippen LogP contribution in [-0.2, 0) is 0 Å². The molecule has 0 spiro atoms. The number of rotatable bonds is 3. The molecule has 0 aromatic heterocycles. The van der Waals surface area contributed by atoms with Gasteiger partial charge in [-0.2, -0.15) is 0 Å². The number of halogens is 1. The summed E-state index contributed by atoms with van der Waals surface area (Å²) in [4.78, 5) is 16.8. The Bertz CT molecular complexity index is 508. The highest BCUT2D eigenvalue weighted by Crippen LogP contribution is 2.30. The lowest BCUT2D eigenvalue weighted by Gasteiger charge is -2.35. The topological polar surface area (TPSA) is 49.6 Å². The summed E-state index contributed by atoms with van der Waals surface area (Å²) in [6.45, 7) is 4.67. The van der Waals surface area contributed by atoms with E-state index in [1.54, 1.807) is 18.2 Å². The third-order valence-electron chi connectivity index (χ3n) is 4.09. The van der Waals surface area contributed by atoms with Crippen LogP contribution >= 0.6 is 11.6 Å². The van der Waals surface area contributed by atoms with Crippen molar-refractivity contribution in [1.82, 2.24) is 9.80 Å². The van der Waals surface area contributed by atoms with Crippen LogP contribution in [0.15, 0.2) is 18.2 Å². The highest BCUT2D eigenvalue weighted by Gasteiger charge is 2.28. The summed E-state index contributed by atoms with van der Waals surface area (Å²) < 4.78 is 0. The molecule has 2 N–H and O–H groups in total. The van der Waals surface area contributed by atoms with Crippen LogP contribution in [0.25, 0.3) is 0 Å². The van der Waals surface area contributed by atoms with Crippen molar-refractivity contribution in [2.45, 2.75) is 12.8 Å². The van der Waals surface area contributed by atoms with Gasteiger partial charge in [-0.15, -0.1) is 0 Å². The summed E-state index contributed by atoms with van der Waals surface area (Å²) in [5, 5.41) is 0.476. The molecule has 1 saturated heterocycles. The summed E-state index contributed by atoms with van der Waals surface area (Å²) in [5.41, 5.74) is 6.83. The highest BCUT2D eigenvalue weighted by atomic mass is 35.5. The molecule has 1 aromatic carbocycles. The second-order valence-electron chi connectivity index (χ2n) is 5.78. The zero-order valence-corrected chi connectivity index (χ0v) is 12.3. The first kappa shape index (κ1) is 13.7. The molecule has 0 atom stereocenters. The van der Waals surface area contributed by atoms with E-state index >= 15 is 0 Å². The summed E-state index contributed by atoms with van der Waals surface area (Å²) in [5.74, 6) is 0.897. The number of carbonyl (C=O) groups is 1. The number of hydrogen-bond donors (Lipinski definition) is 1. The van der Waals surface area contributed by atoms with Crippen molar-refractivity contribution < 1.29 is 4.79 Å². The van der Waals surface area contributed by atoms with Gasteiger partial charge in [0.1, 0.15) is 0 Å². The number of hydrogen-bond acceptors (Lipinski definition) is 3. The van der Waals surface area contributed by atoms with Crippen LogP contribution in [0.2, 0.25) is 5.02 Å². The van der Waals surface area contributed by atoms with Gasteiger partial charge in [0.25, 0.3) is 5.91 Å². The predicted molar refractivity (Wildman–Crippen MR) is 80.9 cm³/mol. The Balaban J connectivity index is 1.61. The van der Waals surface area contributed by atoms with Crippen molar-refractivity contribution in [3.05, 3.63) is 28.8 Å². The van der Waals surface area contributed by atoms with Crippen LogP contribution in [0.1, 0.15) is 23.2 Å². The molecular formula is C15H20ClN3O. The molecule has 1 aromatic rings. The molecule has 1 saturated carbocycles. The summed E-state index contributed by atoms with van der Waals surface area (Å²) >= 11 is 6.10. The highest BCUT2D eigenvalue weighted by molar-refractivity contribution is 6.34. The van der Waals surface area contributed by atoms with Gasteiger partial charge in [-0.05, 0) is 37.0 Å². The van der Waals surface area contributed by atoms with Gasteiger partial charge in [0.15, 0.2) is 0 Å². The molecule has 5 heteroatoms. The number of piperazine rings is 1. The zero-order valence-electron chi connectivity index (χ0n) is 11.5. The van der Waals surface area contributed by atoms with Crippen molar-refractivity contribution >= 4 is 23.2 Å². The lowest BCUT2D eigenvalue weighted by atomic mass is 10.1. The minimum atomic E-state index is -0.00614. The third-order valence-corrected chi connectivity index (χ3v) is 4.42. The van der Waals surface area contributed by atoms with E-state index in [-0.39, 0.29) is 5.91 Å². The van der Waals surface area contributed by atoms with Crippen LogP contribution in [0.5, 0.6) is 0 Å². The van der Waals surface area contributed by atoms with Crippen LogP contribution < -0.4 is 5.73 Å². The predicted octanol–water partition coefficient (Wildman–Crippen LogP) is 2.09. The van der Waals surface area contributed by atoms with E-state index in [1.807, 2.05) is 4.90 Å². The lowest BCUT2D eigenvalue weighted by molar-refractivity contribution is 0.0632. The van der Waals surface area contributed by atoms with Crippen LogP contribution in [0.3, 0.4) is 0 Å². The number of nitrogen functional groups attached to an aromatic ring is 1. The smallest absolute Gasteiger partial charge is 0.255 e. The maximum absolute atomic E-state index is 12.5. The van der Waals surface area contributed by atoms with Crippen molar-refractivity contribution in [1.29, 1.82) is 0 Å². The van der Waals surface area contributed by atoms with Gasteiger partial charge < -0.3 is 10.6 Å². The Labute approximate surface area is 124 Å². The molecule has 0 bridgehead atoms. The number of nitrogens with two attached hydrogens (primary N) is 1. The quantitative estimate of drug-likeness (QED) is 0.868. The molecule has 20 heavy (non-hydrogen) atoms. The molecule has 108 valence electrons. The average Bonchev–Trinajstić information content (AvgIpc) is 3.26. The van der Waals surface area contributed by atoms with Gasteiger partial charge >= 0.3 is 0 Å². The van der Waals surface area contributed by atoms with Gasteiger partial charge in [0.2, 0.25) is 0 Å². The van der Waals surface area contributed by atoms with E-state index in [9.17, 15) is 4.79 Å². The molecule has 3 rings (SSSR count). The minimum absolute atomic E-state index is 0.00614. The Morgan fingerprint density at radius 1 is 1.25 bits per heavy atom. The number of anilines is 1. The molecule has 2 fully saturated rings. The largest absolute Gasteiger partial charge is 0.399 e. The van der Waals surface area contributed by atoms with Gasteiger partial charge in [0.05, 0.1) is 10.6 Å². The summed E-state index contributed by atoms with van der Waals surface area (Å²) in [7, 11) is 0. The van der Waals surface area contributed by atoms with Gasteiger partial charge in [-0.25, -0.2) is 0 Å².